The lowest BCUT2D eigenvalue weighted by Crippen LogP contribution is -2.18. The van der Waals surface area contributed by atoms with Gasteiger partial charge in [0, 0.05) is 33.2 Å². The number of halogens is 2. The lowest BCUT2D eigenvalue weighted by atomic mass is 9.87. The molecule has 0 spiro atoms. The van der Waals surface area contributed by atoms with E-state index >= 15 is 0 Å². The second-order valence-electron chi connectivity index (χ2n) is 4.82. The summed E-state index contributed by atoms with van der Waals surface area (Å²) in [5.41, 5.74) is 2.12. The average molecular weight is 317 g/mol. The fourth-order valence-corrected chi connectivity index (χ4v) is 2.85. The van der Waals surface area contributed by atoms with Gasteiger partial charge in [0.1, 0.15) is 0 Å². The Hall–Kier alpha value is -1.90. The summed E-state index contributed by atoms with van der Waals surface area (Å²) in [6.07, 6.45) is 1.71. The van der Waals surface area contributed by atoms with Crippen LogP contribution in [0.25, 0.3) is 0 Å². The van der Waals surface area contributed by atoms with Crippen molar-refractivity contribution >= 4 is 34.8 Å². The summed E-state index contributed by atoms with van der Waals surface area (Å²) in [5.74, 6) is -0.276. The number of ketones is 2. The molecule has 2 nitrogen and oxygen atoms in total. The topological polar surface area (TPSA) is 34.1 Å². The van der Waals surface area contributed by atoms with Crippen LogP contribution in [0.3, 0.4) is 0 Å². The molecule has 3 rings (SSSR count). The van der Waals surface area contributed by atoms with E-state index in [0.717, 1.165) is 5.56 Å². The number of carbonyl (C=O) groups excluding carboxylic acids is 2. The van der Waals surface area contributed by atoms with E-state index in [0.29, 0.717) is 33.2 Å². The molecule has 104 valence electrons. The Morgan fingerprint density at radius 3 is 2.33 bits per heavy atom. The molecule has 1 aliphatic rings. The highest BCUT2D eigenvalue weighted by atomic mass is 35.5. The van der Waals surface area contributed by atoms with Crippen molar-refractivity contribution in [2.45, 2.75) is 6.42 Å². The predicted molar refractivity (Wildman–Crippen MR) is 83.4 cm³/mol. The second-order valence-corrected chi connectivity index (χ2v) is 5.66. The third-order valence-electron chi connectivity index (χ3n) is 3.43. The molecule has 0 fully saturated rings. The number of rotatable bonds is 2. The summed E-state index contributed by atoms with van der Waals surface area (Å²) >= 11 is 12.0. The van der Waals surface area contributed by atoms with E-state index in [9.17, 15) is 9.59 Å². The minimum Gasteiger partial charge on any atom is -0.289 e. The maximum atomic E-state index is 12.5. The summed E-state index contributed by atoms with van der Waals surface area (Å²) in [5, 5.41) is 1.02. The third kappa shape index (κ3) is 2.65. The number of hydrogen-bond donors (Lipinski definition) is 0. The van der Waals surface area contributed by atoms with Crippen LogP contribution in [-0.4, -0.2) is 11.6 Å². The Kier molecular flexibility index (Phi) is 3.66. The zero-order valence-electron chi connectivity index (χ0n) is 10.9. The Labute approximate surface area is 132 Å². The van der Waals surface area contributed by atoms with Gasteiger partial charge in [0.05, 0.1) is 0 Å². The Morgan fingerprint density at radius 2 is 1.62 bits per heavy atom. The summed E-state index contributed by atoms with van der Waals surface area (Å²) in [6.45, 7) is 0. The van der Waals surface area contributed by atoms with E-state index in [1.807, 2.05) is 0 Å². The predicted octanol–water partition coefficient (Wildman–Crippen LogP) is 4.54. The zero-order chi connectivity index (χ0) is 15.0. The summed E-state index contributed by atoms with van der Waals surface area (Å²) in [7, 11) is 0. The maximum Gasteiger partial charge on any atom is 0.190 e. The fourth-order valence-electron chi connectivity index (χ4n) is 2.37. The number of Topliss-reactive ketones (excluding diaryl/α,β-unsaturated/α-hetero) is 1. The van der Waals surface area contributed by atoms with E-state index in [2.05, 4.69) is 0 Å². The molecule has 0 saturated carbocycles. The van der Waals surface area contributed by atoms with Crippen molar-refractivity contribution < 1.29 is 9.59 Å². The molecule has 21 heavy (non-hydrogen) atoms. The zero-order valence-corrected chi connectivity index (χ0v) is 12.4. The van der Waals surface area contributed by atoms with E-state index in [1.54, 1.807) is 42.5 Å². The van der Waals surface area contributed by atoms with Crippen LogP contribution in [0.5, 0.6) is 0 Å². The molecule has 1 aliphatic carbocycles. The van der Waals surface area contributed by atoms with E-state index in [1.165, 1.54) is 6.08 Å². The molecular formula is C17H10Cl2O2. The van der Waals surface area contributed by atoms with Gasteiger partial charge in [-0.15, -0.1) is 0 Å². The van der Waals surface area contributed by atoms with Crippen LogP contribution < -0.4 is 0 Å². The van der Waals surface area contributed by atoms with Gasteiger partial charge in [-0.2, -0.15) is 0 Å². The minimum absolute atomic E-state index is 0.129. The molecule has 0 aliphatic heterocycles. The van der Waals surface area contributed by atoms with Crippen LogP contribution in [0.2, 0.25) is 10.0 Å². The lowest BCUT2D eigenvalue weighted by Gasteiger charge is -2.15. The summed E-state index contributed by atoms with van der Waals surface area (Å²) in [6, 6.07) is 11.9. The summed E-state index contributed by atoms with van der Waals surface area (Å²) in [4.78, 5) is 24.5. The smallest absolute Gasteiger partial charge is 0.190 e. The lowest BCUT2D eigenvalue weighted by molar-refractivity contribution is 0.0982. The molecule has 0 aromatic heterocycles. The normalized spacial score (nSPS) is 13.9. The van der Waals surface area contributed by atoms with Crippen molar-refractivity contribution in [2.75, 3.05) is 0 Å². The molecule has 0 N–H and O–H groups in total. The summed E-state index contributed by atoms with van der Waals surface area (Å²) < 4.78 is 0. The number of hydrogen-bond acceptors (Lipinski definition) is 2. The molecule has 0 heterocycles. The van der Waals surface area contributed by atoms with Crippen LogP contribution in [0.4, 0.5) is 0 Å². The molecule has 0 bridgehead atoms. The highest BCUT2D eigenvalue weighted by Crippen LogP contribution is 2.27. The molecule has 0 amide bonds. The van der Waals surface area contributed by atoms with Crippen LogP contribution >= 0.6 is 23.2 Å². The maximum absolute atomic E-state index is 12.5. The number of fused-ring (bicyclic) bond motifs is 1. The quantitative estimate of drug-likeness (QED) is 0.815. The van der Waals surface area contributed by atoms with Crippen molar-refractivity contribution in [3.8, 4) is 0 Å². The molecular weight excluding hydrogens is 307 g/mol. The first-order valence-electron chi connectivity index (χ1n) is 6.39. The number of carbonyl (C=O) groups is 2. The third-order valence-corrected chi connectivity index (χ3v) is 4.02. The Balaban J connectivity index is 1.97. The first kappa shape index (κ1) is 14.1. The average Bonchev–Trinajstić information content (AvgIpc) is 2.47. The Morgan fingerprint density at radius 1 is 0.905 bits per heavy atom. The van der Waals surface area contributed by atoms with Gasteiger partial charge in [0.2, 0.25) is 0 Å². The molecule has 0 atom stereocenters. The molecule has 4 heteroatoms. The van der Waals surface area contributed by atoms with E-state index in [4.69, 9.17) is 23.2 Å². The number of benzene rings is 2. The van der Waals surface area contributed by atoms with Gasteiger partial charge in [-0.1, -0.05) is 53.5 Å². The van der Waals surface area contributed by atoms with Gasteiger partial charge >= 0.3 is 0 Å². The first-order chi connectivity index (χ1) is 10.1. The van der Waals surface area contributed by atoms with Crippen LogP contribution in [-0.2, 0) is 6.42 Å². The molecule has 0 radical (unpaired) electrons. The van der Waals surface area contributed by atoms with E-state index in [-0.39, 0.29) is 11.6 Å². The van der Waals surface area contributed by atoms with Crippen molar-refractivity contribution in [1.82, 2.24) is 0 Å². The van der Waals surface area contributed by atoms with Gasteiger partial charge in [0.25, 0.3) is 0 Å². The largest absolute Gasteiger partial charge is 0.289 e. The van der Waals surface area contributed by atoms with Gasteiger partial charge in [-0.05, 0) is 23.8 Å². The molecule has 0 unspecified atom stereocenters. The Bertz CT molecular complexity index is 791. The van der Waals surface area contributed by atoms with Gasteiger partial charge in [0.15, 0.2) is 11.6 Å². The molecule has 0 saturated heterocycles. The monoisotopic (exact) mass is 316 g/mol. The van der Waals surface area contributed by atoms with Gasteiger partial charge < -0.3 is 0 Å². The van der Waals surface area contributed by atoms with Gasteiger partial charge in [-0.25, -0.2) is 0 Å². The fraction of sp³-hybridized carbons (Fsp3) is 0.0588. The first-order valence-corrected chi connectivity index (χ1v) is 7.14. The van der Waals surface area contributed by atoms with E-state index < -0.39 is 0 Å². The minimum atomic E-state index is -0.148. The number of allylic oxidation sites excluding steroid dienone is 2. The van der Waals surface area contributed by atoms with Crippen LogP contribution in [0, 0.1) is 0 Å². The SMILES string of the molecule is O=C1C=C(Cc2ccc(Cl)cc2Cl)C(=O)c2ccccc21. The highest BCUT2D eigenvalue weighted by Gasteiger charge is 2.25. The molecule has 2 aromatic rings. The van der Waals surface area contributed by atoms with Crippen LogP contribution in [0.1, 0.15) is 26.3 Å². The standard InChI is InChI=1S/C17H10Cl2O2/c18-12-6-5-10(15(19)9-12)7-11-8-16(20)13-3-1-2-4-14(13)17(11)21/h1-6,8-9H,7H2. The highest BCUT2D eigenvalue weighted by molar-refractivity contribution is 6.35. The second kappa shape index (κ2) is 5.47. The van der Waals surface area contributed by atoms with Crippen LogP contribution in [0.15, 0.2) is 54.1 Å². The van der Waals surface area contributed by atoms with Crippen molar-refractivity contribution in [3.63, 3.8) is 0 Å². The van der Waals surface area contributed by atoms with Crippen molar-refractivity contribution in [3.05, 3.63) is 80.8 Å². The van der Waals surface area contributed by atoms with Crippen molar-refractivity contribution in [2.24, 2.45) is 0 Å². The van der Waals surface area contributed by atoms with Crippen molar-refractivity contribution in [1.29, 1.82) is 0 Å². The molecule has 2 aromatic carbocycles. The van der Waals surface area contributed by atoms with Gasteiger partial charge in [-0.3, -0.25) is 9.59 Å².